The van der Waals surface area contributed by atoms with Crippen LogP contribution in [0.4, 0.5) is 11.4 Å². The van der Waals surface area contributed by atoms with Crippen molar-refractivity contribution < 1.29 is 4.92 Å². The van der Waals surface area contributed by atoms with Crippen molar-refractivity contribution in [1.82, 2.24) is 4.90 Å². The number of nitro groups is 1. The molecule has 0 aliphatic carbocycles. The second-order valence-corrected chi connectivity index (χ2v) is 5.08. The van der Waals surface area contributed by atoms with Crippen molar-refractivity contribution in [3.05, 3.63) is 33.9 Å². The zero-order valence-corrected chi connectivity index (χ0v) is 11.1. The normalized spacial score (nSPS) is 19.6. The van der Waals surface area contributed by atoms with Crippen molar-refractivity contribution >= 4 is 11.4 Å². The molecular weight excluding hydrogens is 230 g/mol. The van der Waals surface area contributed by atoms with Gasteiger partial charge in [-0.1, -0.05) is 0 Å². The number of non-ortho nitro benzene ring substituents is 1. The molecule has 1 aromatic rings. The molecule has 0 saturated carbocycles. The van der Waals surface area contributed by atoms with Gasteiger partial charge in [0.25, 0.3) is 5.69 Å². The number of rotatable bonds is 3. The third-order valence-corrected chi connectivity index (χ3v) is 3.63. The first kappa shape index (κ1) is 12.8. The standard InChI is InChI=1S/C13H19N3O2/c1-10-8-11(16(17)18)4-5-13(10)15-7-6-12(9-15)14(2)3/h4-5,8,12H,6-7,9H2,1-3H3. The summed E-state index contributed by atoms with van der Waals surface area (Å²) in [7, 11) is 4.19. The van der Waals surface area contributed by atoms with Crippen LogP contribution in [0.2, 0.25) is 0 Å². The van der Waals surface area contributed by atoms with Crippen LogP contribution in [0.3, 0.4) is 0 Å². The molecule has 1 aliphatic rings. The summed E-state index contributed by atoms with van der Waals surface area (Å²) in [5.74, 6) is 0. The van der Waals surface area contributed by atoms with E-state index in [-0.39, 0.29) is 10.6 Å². The number of benzene rings is 1. The van der Waals surface area contributed by atoms with Gasteiger partial charge in [-0.2, -0.15) is 0 Å². The van der Waals surface area contributed by atoms with Gasteiger partial charge in [0.15, 0.2) is 0 Å². The van der Waals surface area contributed by atoms with Gasteiger partial charge in [0.2, 0.25) is 0 Å². The molecule has 1 unspecified atom stereocenters. The van der Waals surface area contributed by atoms with E-state index in [2.05, 4.69) is 23.9 Å². The largest absolute Gasteiger partial charge is 0.370 e. The summed E-state index contributed by atoms with van der Waals surface area (Å²) in [5, 5.41) is 10.7. The van der Waals surface area contributed by atoms with E-state index in [1.54, 1.807) is 12.1 Å². The summed E-state index contributed by atoms with van der Waals surface area (Å²) < 4.78 is 0. The lowest BCUT2D eigenvalue weighted by atomic mass is 10.1. The first-order valence-electron chi connectivity index (χ1n) is 6.15. The van der Waals surface area contributed by atoms with E-state index >= 15 is 0 Å². The van der Waals surface area contributed by atoms with Gasteiger partial charge in [0, 0.05) is 37.0 Å². The Morgan fingerprint density at radius 2 is 2.17 bits per heavy atom. The van der Waals surface area contributed by atoms with Crippen molar-refractivity contribution in [2.75, 3.05) is 32.1 Å². The van der Waals surface area contributed by atoms with Crippen LogP contribution in [0, 0.1) is 17.0 Å². The van der Waals surface area contributed by atoms with Crippen LogP contribution < -0.4 is 4.90 Å². The number of nitro benzene ring substituents is 1. The predicted molar refractivity (Wildman–Crippen MR) is 72.1 cm³/mol. The second kappa shape index (κ2) is 4.94. The molecule has 0 radical (unpaired) electrons. The molecule has 0 amide bonds. The SMILES string of the molecule is Cc1cc([N+](=O)[O-])ccc1N1CCC(N(C)C)C1. The summed E-state index contributed by atoms with van der Waals surface area (Å²) in [6, 6.07) is 5.68. The molecule has 2 rings (SSSR count). The Balaban J connectivity index is 2.18. The molecule has 0 spiro atoms. The van der Waals surface area contributed by atoms with E-state index in [4.69, 9.17) is 0 Å². The number of hydrogen-bond donors (Lipinski definition) is 0. The maximum absolute atomic E-state index is 10.7. The minimum atomic E-state index is -0.344. The van der Waals surface area contributed by atoms with Gasteiger partial charge in [-0.3, -0.25) is 10.1 Å². The van der Waals surface area contributed by atoms with Crippen molar-refractivity contribution in [2.24, 2.45) is 0 Å². The molecule has 5 nitrogen and oxygen atoms in total. The molecule has 1 heterocycles. The third-order valence-electron chi connectivity index (χ3n) is 3.63. The molecule has 1 aliphatic heterocycles. The molecule has 1 saturated heterocycles. The van der Waals surface area contributed by atoms with Gasteiger partial charge in [0.05, 0.1) is 4.92 Å². The van der Waals surface area contributed by atoms with E-state index in [1.165, 1.54) is 0 Å². The summed E-state index contributed by atoms with van der Waals surface area (Å²) >= 11 is 0. The maximum Gasteiger partial charge on any atom is 0.269 e. The van der Waals surface area contributed by atoms with E-state index < -0.39 is 0 Å². The number of hydrogen-bond acceptors (Lipinski definition) is 4. The molecule has 1 atom stereocenters. The van der Waals surface area contributed by atoms with Gasteiger partial charge in [-0.05, 0) is 39.1 Å². The lowest BCUT2D eigenvalue weighted by molar-refractivity contribution is -0.384. The molecule has 5 heteroatoms. The number of anilines is 1. The predicted octanol–water partition coefficient (Wildman–Crippen LogP) is 2.04. The van der Waals surface area contributed by atoms with Crippen LogP contribution >= 0.6 is 0 Å². The first-order chi connectivity index (χ1) is 8.49. The molecular formula is C13H19N3O2. The maximum atomic E-state index is 10.7. The highest BCUT2D eigenvalue weighted by atomic mass is 16.6. The topological polar surface area (TPSA) is 49.6 Å². The van der Waals surface area contributed by atoms with Crippen LogP contribution in [-0.4, -0.2) is 43.0 Å². The lowest BCUT2D eigenvalue weighted by Crippen LogP contribution is -2.31. The Bertz CT molecular complexity index is 460. The van der Waals surface area contributed by atoms with Gasteiger partial charge in [-0.25, -0.2) is 0 Å². The highest BCUT2D eigenvalue weighted by Crippen LogP contribution is 2.28. The van der Waals surface area contributed by atoms with E-state index in [0.717, 1.165) is 30.8 Å². The average Bonchev–Trinajstić information content (AvgIpc) is 2.78. The summed E-state index contributed by atoms with van der Waals surface area (Å²) in [5.41, 5.74) is 2.26. The van der Waals surface area contributed by atoms with Crippen molar-refractivity contribution in [3.8, 4) is 0 Å². The van der Waals surface area contributed by atoms with E-state index in [1.807, 2.05) is 13.0 Å². The quantitative estimate of drug-likeness (QED) is 0.607. The number of likely N-dealkylation sites (N-methyl/N-ethyl adjacent to an activating group) is 1. The Labute approximate surface area is 107 Å². The molecule has 98 valence electrons. The molecule has 18 heavy (non-hydrogen) atoms. The highest BCUT2D eigenvalue weighted by Gasteiger charge is 2.25. The van der Waals surface area contributed by atoms with Crippen molar-refractivity contribution in [1.29, 1.82) is 0 Å². The first-order valence-corrected chi connectivity index (χ1v) is 6.15. The van der Waals surface area contributed by atoms with Gasteiger partial charge in [0.1, 0.15) is 0 Å². The Morgan fingerprint density at radius 3 is 2.67 bits per heavy atom. The van der Waals surface area contributed by atoms with Crippen molar-refractivity contribution in [3.63, 3.8) is 0 Å². The minimum absolute atomic E-state index is 0.166. The van der Waals surface area contributed by atoms with E-state index in [9.17, 15) is 10.1 Å². The van der Waals surface area contributed by atoms with Crippen molar-refractivity contribution in [2.45, 2.75) is 19.4 Å². The van der Waals surface area contributed by atoms with Gasteiger partial charge < -0.3 is 9.80 Å². The zero-order chi connectivity index (χ0) is 13.3. The smallest absolute Gasteiger partial charge is 0.269 e. The molecule has 1 aromatic carbocycles. The summed E-state index contributed by atoms with van der Waals surface area (Å²) in [6.45, 7) is 3.94. The number of nitrogens with zero attached hydrogens (tertiary/aromatic N) is 3. The van der Waals surface area contributed by atoms with Crippen LogP contribution in [0.1, 0.15) is 12.0 Å². The molecule has 0 aromatic heterocycles. The monoisotopic (exact) mass is 249 g/mol. The van der Waals surface area contributed by atoms with Crippen LogP contribution in [-0.2, 0) is 0 Å². The van der Waals surface area contributed by atoms with Gasteiger partial charge in [-0.15, -0.1) is 0 Å². The number of aryl methyl sites for hydroxylation is 1. The molecule has 0 N–H and O–H groups in total. The Hall–Kier alpha value is -1.62. The Morgan fingerprint density at radius 1 is 1.44 bits per heavy atom. The highest BCUT2D eigenvalue weighted by molar-refractivity contribution is 5.58. The zero-order valence-electron chi connectivity index (χ0n) is 11.1. The van der Waals surface area contributed by atoms with Crippen LogP contribution in [0.15, 0.2) is 18.2 Å². The fourth-order valence-corrected chi connectivity index (χ4v) is 2.49. The third kappa shape index (κ3) is 2.46. The van der Waals surface area contributed by atoms with Crippen LogP contribution in [0.25, 0.3) is 0 Å². The Kier molecular flexibility index (Phi) is 3.52. The average molecular weight is 249 g/mol. The summed E-state index contributed by atoms with van der Waals surface area (Å²) in [4.78, 5) is 14.9. The second-order valence-electron chi connectivity index (χ2n) is 5.08. The summed E-state index contributed by atoms with van der Waals surface area (Å²) in [6.07, 6.45) is 1.14. The van der Waals surface area contributed by atoms with Crippen LogP contribution in [0.5, 0.6) is 0 Å². The minimum Gasteiger partial charge on any atom is -0.370 e. The van der Waals surface area contributed by atoms with Gasteiger partial charge >= 0.3 is 0 Å². The fraction of sp³-hybridized carbons (Fsp3) is 0.538. The van der Waals surface area contributed by atoms with E-state index in [0.29, 0.717) is 6.04 Å². The fourth-order valence-electron chi connectivity index (χ4n) is 2.49. The molecule has 0 bridgehead atoms. The lowest BCUT2D eigenvalue weighted by Gasteiger charge is -2.23. The molecule has 1 fully saturated rings.